The molecule has 0 amide bonds. The van der Waals surface area contributed by atoms with E-state index in [1.165, 1.54) is 6.07 Å². The summed E-state index contributed by atoms with van der Waals surface area (Å²) in [5.41, 5.74) is 1.68. The van der Waals surface area contributed by atoms with Gasteiger partial charge in [-0.3, -0.25) is 15.0 Å². The molecule has 2 aromatic carbocycles. The molecule has 0 aromatic heterocycles. The highest BCUT2D eigenvalue weighted by Gasteiger charge is 2.30. The van der Waals surface area contributed by atoms with Crippen molar-refractivity contribution in [3.05, 3.63) is 75.8 Å². The van der Waals surface area contributed by atoms with Crippen molar-refractivity contribution in [3.63, 3.8) is 0 Å². The van der Waals surface area contributed by atoms with E-state index in [-0.39, 0.29) is 17.8 Å². The lowest BCUT2D eigenvalue weighted by molar-refractivity contribution is -0.384. The van der Waals surface area contributed by atoms with E-state index < -0.39 is 11.0 Å². The van der Waals surface area contributed by atoms with Crippen LogP contribution in [-0.4, -0.2) is 28.9 Å². The van der Waals surface area contributed by atoms with Gasteiger partial charge in [-0.2, -0.15) is 0 Å². The second-order valence-corrected chi connectivity index (χ2v) is 7.00. The van der Waals surface area contributed by atoms with Gasteiger partial charge in [-0.05, 0) is 43.9 Å². The topological polar surface area (TPSA) is 72.7 Å². The summed E-state index contributed by atoms with van der Waals surface area (Å²) in [4.78, 5) is 25.4. The van der Waals surface area contributed by atoms with Crippen molar-refractivity contribution in [1.82, 2.24) is 4.90 Å². The third kappa shape index (κ3) is 4.92. The zero-order valence-electron chi connectivity index (χ0n) is 15.4. The number of esters is 1. The Labute approximate surface area is 158 Å². The number of carbonyl (C=O) groups excluding carboxylic acids is 1. The van der Waals surface area contributed by atoms with Crippen LogP contribution in [0.5, 0.6) is 0 Å². The van der Waals surface area contributed by atoms with Crippen molar-refractivity contribution >= 4 is 11.7 Å². The molecule has 27 heavy (non-hydrogen) atoms. The molecule has 6 nitrogen and oxygen atoms in total. The van der Waals surface area contributed by atoms with Crippen molar-refractivity contribution in [2.24, 2.45) is 0 Å². The van der Waals surface area contributed by atoms with E-state index in [1.54, 1.807) is 12.1 Å². The minimum Gasteiger partial charge on any atom is -0.461 e. The van der Waals surface area contributed by atoms with Crippen LogP contribution in [0.2, 0.25) is 0 Å². The lowest BCUT2D eigenvalue weighted by Gasteiger charge is -2.28. The Morgan fingerprint density at radius 2 is 1.89 bits per heavy atom. The number of hydrogen-bond acceptors (Lipinski definition) is 5. The van der Waals surface area contributed by atoms with Gasteiger partial charge in [-0.25, -0.2) is 4.79 Å². The lowest BCUT2D eigenvalue weighted by Crippen LogP contribution is -2.33. The number of non-ortho nitro benzene ring substituents is 1. The Bertz CT molecular complexity index is 788. The minimum atomic E-state index is -0.550. The molecule has 1 aliphatic carbocycles. The van der Waals surface area contributed by atoms with E-state index >= 15 is 0 Å². The minimum absolute atomic E-state index is 0.00470. The Balaban J connectivity index is 1.80. The van der Waals surface area contributed by atoms with Gasteiger partial charge in [0.1, 0.15) is 12.1 Å². The van der Waals surface area contributed by atoms with E-state index in [2.05, 4.69) is 0 Å². The highest BCUT2D eigenvalue weighted by atomic mass is 16.6. The van der Waals surface area contributed by atoms with E-state index in [1.807, 2.05) is 48.3 Å². The third-order valence-corrected chi connectivity index (χ3v) is 4.92. The number of ether oxygens (including phenoxy) is 1. The van der Waals surface area contributed by atoms with Crippen LogP contribution in [-0.2, 0) is 16.1 Å². The quantitative estimate of drug-likeness (QED) is 0.415. The van der Waals surface area contributed by atoms with Gasteiger partial charge in [0.05, 0.1) is 4.92 Å². The maximum atomic E-state index is 12.9. The Hall–Kier alpha value is -2.73. The van der Waals surface area contributed by atoms with Gasteiger partial charge in [-0.1, -0.05) is 42.5 Å². The second-order valence-electron chi connectivity index (χ2n) is 7.00. The molecule has 1 atom stereocenters. The fourth-order valence-corrected chi connectivity index (χ4v) is 3.59. The summed E-state index contributed by atoms with van der Waals surface area (Å²) in [6.45, 7) is 0.404. The monoisotopic (exact) mass is 368 g/mol. The molecule has 3 rings (SSSR count). The van der Waals surface area contributed by atoms with Crippen LogP contribution in [0.1, 0.15) is 42.9 Å². The normalized spacial score (nSPS) is 15.6. The molecule has 0 N–H and O–H groups in total. The van der Waals surface area contributed by atoms with Crippen LogP contribution in [0.15, 0.2) is 54.6 Å². The van der Waals surface area contributed by atoms with Crippen molar-refractivity contribution in [3.8, 4) is 0 Å². The molecule has 0 heterocycles. The Kier molecular flexibility index (Phi) is 6.19. The third-order valence-electron chi connectivity index (χ3n) is 4.92. The summed E-state index contributed by atoms with van der Waals surface area (Å²) in [5.74, 6) is -0.263. The molecule has 2 aromatic rings. The standard InChI is InChI=1S/C21H24N2O4/c1-22(15-16-8-7-11-18(14-16)23(25)26)20(17-9-3-2-4-10-17)21(24)27-19-12-5-6-13-19/h2-4,7-11,14,19-20H,5-6,12-13,15H2,1H3/t20-/m0/s1. The number of likely N-dealkylation sites (N-methyl/N-ethyl adjacent to an activating group) is 1. The molecule has 1 saturated carbocycles. The SMILES string of the molecule is CN(Cc1cccc([N+](=O)[O-])c1)[C@H](C(=O)OC1CCCC1)c1ccccc1. The van der Waals surface area contributed by atoms with Crippen LogP contribution >= 0.6 is 0 Å². The van der Waals surface area contributed by atoms with E-state index in [4.69, 9.17) is 4.74 Å². The molecule has 0 radical (unpaired) electrons. The van der Waals surface area contributed by atoms with Crippen LogP contribution in [0.3, 0.4) is 0 Å². The number of hydrogen-bond donors (Lipinski definition) is 0. The van der Waals surface area contributed by atoms with Gasteiger partial charge in [0.2, 0.25) is 0 Å². The van der Waals surface area contributed by atoms with Gasteiger partial charge >= 0.3 is 5.97 Å². The van der Waals surface area contributed by atoms with Gasteiger partial charge in [-0.15, -0.1) is 0 Å². The summed E-state index contributed by atoms with van der Waals surface area (Å²) >= 11 is 0. The van der Waals surface area contributed by atoms with E-state index in [0.29, 0.717) is 6.54 Å². The summed E-state index contributed by atoms with van der Waals surface area (Å²) < 4.78 is 5.76. The molecule has 0 spiro atoms. The predicted octanol–water partition coefficient (Wildman–Crippen LogP) is 4.25. The maximum Gasteiger partial charge on any atom is 0.328 e. The Morgan fingerprint density at radius 3 is 2.56 bits per heavy atom. The molecule has 6 heteroatoms. The van der Waals surface area contributed by atoms with Crippen molar-refractivity contribution in [1.29, 1.82) is 0 Å². The molecule has 142 valence electrons. The van der Waals surface area contributed by atoms with Crippen LogP contribution in [0.25, 0.3) is 0 Å². The smallest absolute Gasteiger partial charge is 0.328 e. The van der Waals surface area contributed by atoms with Crippen LogP contribution in [0.4, 0.5) is 5.69 Å². The fraction of sp³-hybridized carbons (Fsp3) is 0.381. The molecule has 0 saturated heterocycles. The number of nitro benzene ring substituents is 1. The number of benzene rings is 2. The number of nitrogens with zero attached hydrogens (tertiary/aromatic N) is 2. The average molecular weight is 368 g/mol. The molecule has 1 fully saturated rings. The highest BCUT2D eigenvalue weighted by molar-refractivity contribution is 5.77. The van der Waals surface area contributed by atoms with Gasteiger partial charge < -0.3 is 4.74 Å². The highest BCUT2D eigenvalue weighted by Crippen LogP contribution is 2.28. The van der Waals surface area contributed by atoms with Gasteiger partial charge in [0.25, 0.3) is 5.69 Å². The average Bonchev–Trinajstić information content (AvgIpc) is 3.16. The molecule has 1 aliphatic rings. The summed E-state index contributed by atoms with van der Waals surface area (Å²) in [5, 5.41) is 11.0. The Morgan fingerprint density at radius 1 is 1.19 bits per heavy atom. The first-order chi connectivity index (χ1) is 13.0. The summed E-state index contributed by atoms with van der Waals surface area (Å²) in [6.07, 6.45) is 4.02. The van der Waals surface area contributed by atoms with Gasteiger partial charge in [0, 0.05) is 18.7 Å². The van der Waals surface area contributed by atoms with Crippen LogP contribution < -0.4 is 0 Å². The maximum absolute atomic E-state index is 12.9. The van der Waals surface area contributed by atoms with Crippen LogP contribution in [0, 0.1) is 10.1 Å². The summed E-state index contributed by atoms with van der Waals surface area (Å²) in [7, 11) is 1.84. The van der Waals surface area contributed by atoms with E-state index in [0.717, 1.165) is 36.8 Å². The lowest BCUT2D eigenvalue weighted by atomic mass is 10.0. The van der Waals surface area contributed by atoms with E-state index in [9.17, 15) is 14.9 Å². The fourth-order valence-electron chi connectivity index (χ4n) is 3.59. The molecular formula is C21H24N2O4. The second kappa shape index (κ2) is 8.77. The zero-order valence-corrected chi connectivity index (χ0v) is 15.4. The molecule has 0 aliphatic heterocycles. The zero-order chi connectivity index (χ0) is 19.2. The first-order valence-corrected chi connectivity index (χ1v) is 9.23. The summed E-state index contributed by atoms with van der Waals surface area (Å²) in [6, 6.07) is 15.5. The number of rotatable bonds is 7. The van der Waals surface area contributed by atoms with Crippen molar-refractivity contribution in [2.45, 2.75) is 44.4 Å². The largest absolute Gasteiger partial charge is 0.461 e. The first-order valence-electron chi connectivity index (χ1n) is 9.23. The number of carbonyl (C=O) groups is 1. The molecule has 0 bridgehead atoms. The van der Waals surface area contributed by atoms with Crippen molar-refractivity contribution < 1.29 is 14.5 Å². The first kappa shape index (κ1) is 19.0. The number of nitro groups is 1. The van der Waals surface area contributed by atoms with Gasteiger partial charge in [0.15, 0.2) is 0 Å². The molecular weight excluding hydrogens is 344 g/mol. The van der Waals surface area contributed by atoms with Crippen molar-refractivity contribution in [2.75, 3.05) is 7.05 Å². The molecule has 0 unspecified atom stereocenters. The predicted molar refractivity (Wildman–Crippen MR) is 102 cm³/mol.